The van der Waals surface area contributed by atoms with E-state index in [1.54, 1.807) is 18.7 Å². The number of aliphatic hydroxyl groups is 1. The standard InChI is InChI=1S/C42H48F2N6O6/c1-5-29-31(43)10-9-27-18-28(52)19-30(33(27)29)36-35(44)37-34(39(45-36)54-4)38(50-16-17-55-23-41(3,53)22-50)47-40(46-37)56-24-42-12-6-8-32(42)49(14-7-13-42)21-26-11-15-48(20-26)25(2)51/h1,9-10,18-19,26,32,52-53H,6-8,11-17,20-24H2,2-4H3/t26?,32-,41+,42-/m1/s1. The Bertz CT molecular complexity index is 2230. The Kier molecular flexibility index (Phi) is 10.1. The lowest BCUT2D eigenvalue weighted by Gasteiger charge is -2.47. The van der Waals surface area contributed by atoms with E-state index in [2.05, 4.69) is 15.8 Å². The maximum atomic E-state index is 17.3. The van der Waals surface area contributed by atoms with Gasteiger partial charge in [-0.15, -0.1) is 6.42 Å². The summed E-state index contributed by atoms with van der Waals surface area (Å²) in [6, 6.07) is 5.62. The number of halogens is 2. The molecule has 1 saturated carbocycles. The van der Waals surface area contributed by atoms with Gasteiger partial charge in [-0.2, -0.15) is 9.97 Å². The average Bonchev–Trinajstić information content (AvgIpc) is 3.79. The average molecular weight is 771 g/mol. The summed E-state index contributed by atoms with van der Waals surface area (Å²) in [6.07, 6.45) is 11.8. The zero-order valence-electron chi connectivity index (χ0n) is 32.1. The third-order valence-corrected chi connectivity index (χ3v) is 12.2. The van der Waals surface area contributed by atoms with Gasteiger partial charge >= 0.3 is 6.01 Å². The second-order valence-electron chi connectivity index (χ2n) is 16.2. The van der Waals surface area contributed by atoms with Crippen LogP contribution in [0.5, 0.6) is 17.6 Å². The van der Waals surface area contributed by atoms with Gasteiger partial charge in [0.05, 0.1) is 39.0 Å². The van der Waals surface area contributed by atoms with Gasteiger partial charge in [0, 0.05) is 55.5 Å². The van der Waals surface area contributed by atoms with Gasteiger partial charge in [0.1, 0.15) is 39.6 Å². The van der Waals surface area contributed by atoms with E-state index in [0.717, 1.165) is 64.7 Å². The number of fused-ring (bicyclic) bond motifs is 3. The molecular weight excluding hydrogens is 722 g/mol. The molecule has 296 valence electrons. The van der Waals surface area contributed by atoms with Crippen LogP contribution in [0.2, 0.25) is 0 Å². The summed E-state index contributed by atoms with van der Waals surface area (Å²) >= 11 is 0. The fourth-order valence-electron chi connectivity index (χ4n) is 9.70. The molecule has 8 rings (SSSR count). The number of terminal acetylenes is 1. The summed E-state index contributed by atoms with van der Waals surface area (Å²) in [5, 5.41) is 22.7. The molecule has 1 unspecified atom stereocenters. The number of carbonyl (C=O) groups excluding carboxylic acids is 1. The third-order valence-electron chi connectivity index (χ3n) is 12.2. The van der Waals surface area contributed by atoms with Crippen molar-refractivity contribution in [3.8, 4) is 41.2 Å². The Morgan fingerprint density at radius 3 is 2.70 bits per heavy atom. The minimum absolute atomic E-state index is 0.0227. The number of hydrogen-bond acceptors (Lipinski definition) is 11. The highest BCUT2D eigenvalue weighted by atomic mass is 19.1. The number of likely N-dealkylation sites (tertiary alicyclic amines) is 2. The Morgan fingerprint density at radius 1 is 1.11 bits per heavy atom. The molecule has 3 aliphatic heterocycles. The van der Waals surface area contributed by atoms with Crippen molar-refractivity contribution in [1.29, 1.82) is 0 Å². The molecule has 1 amide bonds. The number of phenols is 1. The van der Waals surface area contributed by atoms with Gasteiger partial charge in [0.25, 0.3) is 0 Å². The maximum Gasteiger partial charge on any atom is 0.319 e. The normalized spacial score (nSPS) is 25.7. The number of carbonyl (C=O) groups is 1. The number of phenolic OH excluding ortho intramolecular Hbond substituents is 1. The number of pyridine rings is 1. The molecule has 12 nitrogen and oxygen atoms in total. The lowest BCUT2D eigenvalue weighted by atomic mass is 9.75. The molecule has 4 atom stereocenters. The van der Waals surface area contributed by atoms with Crippen LogP contribution in [0.4, 0.5) is 14.6 Å². The maximum absolute atomic E-state index is 17.3. The van der Waals surface area contributed by atoms with Crippen LogP contribution in [0.25, 0.3) is 32.9 Å². The molecule has 0 bridgehead atoms. The van der Waals surface area contributed by atoms with E-state index in [1.807, 2.05) is 4.90 Å². The van der Waals surface area contributed by atoms with Crippen molar-refractivity contribution >= 4 is 33.4 Å². The SMILES string of the molecule is C#Cc1c(F)ccc2cc(O)cc(-c3nc(OC)c4c(N5CCOC[C@@](C)(O)C5)nc(OC[C@]56CCC[C@H]5N(CC5CCN(C(C)=O)C5)CCC6)nc4c3F)c12. The smallest absolute Gasteiger partial charge is 0.319 e. The van der Waals surface area contributed by atoms with Crippen LogP contribution >= 0.6 is 0 Å². The Balaban J connectivity index is 1.22. The molecule has 4 aliphatic rings. The third kappa shape index (κ3) is 6.94. The molecule has 2 aromatic carbocycles. The van der Waals surface area contributed by atoms with Gasteiger partial charge in [0.15, 0.2) is 5.82 Å². The number of β-amino-alcohol motifs (C(OH)–C–C–N with tert-alkyl or cyclic N) is 1. The molecule has 5 heterocycles. The van der Waals surface area contributed by atoms with Gasteiger partial charge < -0.3 is 34.2 Å². The molecule has 2 aromatic heterocycles. The van der Waals surface area contributed by atoms with E-state index in [-0.39, 0.29) is 93.7 Å². The first-order valence-electron chi connectivity index (χ1n) is 19.4. The number of rotatable bonds is 8. The topological polar surface area (TPSA) is 134 Å². The fourth-order valence-corrected chi connectivity index (χ4v) is 9.70. The van der Waals surface area contributed by atoms with Crippen molar-refractivity contribution in [2.75, 3.05) is 71.1 Å². The predicted octanol–water partition coefficient (Wildman–Crippen LogP) is 5.29. The number of aromatic nitrogens is 3. The Labute approximate surface area is 324 Å². The van der Waals surface area contributed by atoms with Crippen molar-refractivity contribution < 1.29 is 38.0 Å². The number of methoxy groups -OCH3 is 1. The number of aromatic hydroxyl groups is 1. The minimum atomic E-state index is -1.26. The van der Waals surface area contributed by atoms with Crippen molar-refractivity contribution in [2.24, 2.45) is 11.3 Å². The van der Waals surface area contributed by atoms with Crippen LogP contribution in [0.1, 0.15) is 57.9 Å². The summed E-state index contributed by atoms with van der Waals surface area (Å²) in [5.74, 6) is 1.41. The van der Waals surface area contributed by atoms with Gasteiger partial charge in [-0.05, 0) is 75.1 Å². The summed E-state index contributed by atoms with van der Waals surface area (Å²) in [7, 11) is 1.39. The van der Waals surface area contributed by atoms with Gasteiger partial charge in [-0.3, -0.25) is 9.69 Å². The van der Waals surface area contributed by atoms with E-state index in [4.69, 9.17) is 30.6 Å². The summed E-state index contributed by atoms with van der Waals surface area (Å²) < 4.78 is 50.5. The lowest BCUT2D eigenvalue weighted by Crippen LogP contribution is -2.53. The molecule has 14 heteroatoms. The molecule has 2 N–H and O–H groups in total. The quantitative estimate of drug-likeness (QED) is 0.227. The van der Waals surface area contributed by atoms with E-state index in [1.165, 1.54) is 31.4 Å². The first kappa shape index (κ1) is 38.1. The van der Waals surface area contributed by atoms with Gasteiger partial charge in [-0.1, -0.05) is 18.4 Å². The number of nitrogens with zero attached hydrogens (tertiary/aromatic N) is 6. The number of hydrogen-bond donors (Lipinski definition) is 2. The van der Waals surface area contributed by atoms with Crippen LogP contribution in [-0.4, -0.2) is 119 Å². The first-order valence-corrected chi connectivity index (χ1v) is 19.4. The summed E-state index contributed by atoms with van der Waals surface area (Å²) in [4.78, 5) is 32.5. The van der Waals surface area contributed by atoms with Crippen LogP contribution in [0.3, 0.4) is 0 Å². The highest BCUT2D eigenvalue weighted by Gasteiger charge is 2.49. The predicted molar refractivity (Wildman–Crippen MR) is 207 cm³/mol. The van der Waals surface area contributed by atoms with Crippen molar-refractivity contribution in [3.63, 3.8) is 0 Å². The van der Waals surface area contributed by atoms with Gasteiger partial charge in [-0.25, -0.2) is 13.8 Å². The van der Waals surface area contributed by atoms with E-state index >= 15 is 8.78 Å². The highest BCUT2D eigenvalue weighted by Crippen LogP contribution is 2.49. The molecular formula is C42H48F2N6O6. The second-order valence-corrected chi connectivity index (χ2v) is 16.2. The van der Waals surface area contributed by atoms with Crippen LogP contribution in [0.15, 0.2) is 24.3 Å². The van der Waals surface area contributed by atoms with E-state index in [9.17, 15) is 15.0 Å². The summed E-state index contributed by atoms with van der Waals surface area (Å²) in [5.41, 5.74) is -1.88. The number of benzene rings is 2. The van der Waals surface area contributed by atoms with Gasteiger partial charge in [0.2, 0.25) is 11.8 Å². The van der Waals surface area contributed by atoms with Crippen molar-refractivity contribution in [2.45, 2.75) is 64.0 Å². The second kappa shape index (κ2) is 14.9. The molecule has 4 aromatic rings. The van der Waals surface area contributed by atoms with E-state index in [0.29, 0.717) is 24.5 Å². The Hall–Kier alpha value is -4.84. The van der Waals surface area contributed by atoms with Crippen LogP contribution < -0.4 is 14.4 Å². The zero-order valence-corrected chi connectivity index (χ0v) is 32.1. The monoisotopic (exact) mass is 770 g/mol. The molecule has 0 spiro atoms. The van der Waals surface area contributed by atoms with Crippen molar-refractivity contribution in [1.82, 2.24) is 24.8 Å². The molecule has 1 aliphatic carbocycles. The number of anilines is 1. The van der Waals surface area contributed by atoms with Crippen molar-refractivity contribution in [3.05, 3.63) is 41.5 Å². The minimum Gasteiger partial charge on any atom is -0.508 e. The summed E-state index contributed by atoms with van der Waals surface area (Å²) in [6.45, 7) is 7.92. The Morgan fingerprint density at radius 2 is 1.93 bits per heavy atom. The zero-order chi connectivity index (χ0) is 39.4. The number of amides is 1. The largest absolute Gasteiger partial charge is 0.508 e. The van der Waals surface area contributed by atoms with Crippen LogP contribution in [0, 0.1) is 35.3 Å². The number of piperidine rings is 1. The number of ether oxygens (including phenoxy) is 3. The lowest BCUT2D eigenvalue weighted by molar-refractivity contribution is -0.127. The molecule has 4 fully saturated rings. The molecule has 3 saturated heterocycles. The van der Waals surface area contributed by atoms with E-state index < -0.39 is 17.2 Å². The first-order chi connectivity index (χ1) is 26.9. The molecule has 56 heavy (non-hydrogen) atoms. The molecule has 0 radical (unpaired) electrons. The highest BCUT2D eigenvalue weighted by molar-refractivity contribution is 6.04. The van der Waals surface area contributed by atoms with Crippen LogP contribution in [-0.2, 0) is 9.53 Å². The fraction of sp³-hybridized carbons (Fsp3) is 0.524.